The van der Waals surface area contributed by atoms with Crippen LogP contribution in [-0.4, -0.2) is 36.2 Å². The SMILES string of the molecule is CC(Nc1ccc2c(c1)ncn2C(=O)OC(C)(C)C)n1nnc2ccccc21. The van der Waals surface area contributed by atoms with Gasteiger partial charge in [0.25, 0.3) is 0 Å². The van der Waals surface area contributed by atoms with Crippen molar-refractivity contribution in [3.63, 3.8) is 0 Å². The first-order chi connectivity index (χ1) is 13.3. The molecule has 0 aliphatic rings. The molecule has 0 aliphatic heterocycles. The van der Waals surface area contributed by atoms with Gasteiger partial charge in [0.1, 0.15) is 23.6 Å². The van der Waals surface area contributed by atoms with Crippen molar-refractivity contribution < 1.29 is 9.53 Å². The van der Waals surface area contributed by atoms with Crippen molar-refractivity contribution in [2.45, 2.75) is 39.5 Å². The van der Waals surface area contributed by atoms with Crippen molar-refractivity contribution in [2.24, 2.45) is 0 Å². The van der Waals surface area contributed by atoms with Gasteiger partial charge in [-0.1, -0.05) is 17.3 Å². The molecule has 0 spiro atoms. The molecular weight excluding hydrogens is 356 g/mol. The Morgan fingerprint density at radius 3 is 2.68 bits per heavy atom. The summed E-state index contributed by atoms with van der Waals surface area (Å²) in [5.74, 6) is 0. The predicted octanol–water partition coefficient (Wildman–Crippen LogP) is 4.19. The summed E-state index contributed by atoms with van der Waals surface area (Å²) in [5.41, 5.74) is 3.50. The Morgan fingerprint density at radius 2 is 1.89 bits per heavy atom. The summed E-state index contributed by atoms with van der Waals surface area (Å²) in [7, 11) is 0. The summed E-state index contributed by atoms with van der Waals surface area (Å²) in [6.07, 6.45) is 0.924. The minimum absolute atomic E-state index is 0.113. The van der Waals surface area contributed by atoms with E-state index >= 15 is 0 Å². The number of aromatic nitrogens is 5. The molecule has 0 radical (unpaired) electrons. The van der Waals surface area contributed by atoms with Crippen molar-refractivity contribution in [1.29, 1.82) is 0 Å². The lowest BCUT2D eigenvalue weighted by Gasteiger charge is -2.19. The molecule has 0 aliphatic carbocycles. The third-order valence-electron chi connectivity index (χ3n) is 4.26. The van der Waals surface area contributed by atoms with Crippen LogP contribution in [-0.2, 0) is 4.74 Å². The van der Waals surface area contributed by atoms with Crippen molar-refractivity contribution in [3.8, 4) is 0 Å². The van der Waals surface area contributed by atoms with E-state index in [2.05, 4.69) is 20.6 Å². The van der Waals surface area contributed by atoms with Crippen LogP contribution in [0.1, 0.15) is 33.9 Å². The highest BCUT2D eigenvalue weighted by molar-refractivity contribution is 5.88. The van der Waals surface area contributed by atoms with Crippen LogP contribution in [0.3, 0.4) is 0 Å². The van der Waals surface area contributed by atoms with Gasteiger partial charge in [-0.2, -0.15) is 0 Å². The van der Waals surface area contributed by atoms with Crippen LogP contribution in [0.25, 0.3) is 22.1 Å². The molecule has 8 nitrogen and oxygen atoms in total. The van der Waals surface area contributed by atoms with Crippen molar-refractivity contribution >= 4 is 33.8 Å². The number of carbonyl (C=O) groups excluding carboxylic acids is 1. The van der Waals surface area contributed by atoms with Crippen LogP contribution >= 0.6 is 0 Å². The number of imidazole rings is 1. The molecule has 0 amide bonds. The number of benzene rings is 2. The first kappa shape index (κ1) is 18.0. The largest absolute Gasteiger partial charge is 0.443 e. The van der Waals surface area contributed by atoms with E-state index < -0.39 is 11.7 Å². The van der Waals surface area contributed by atoms with Gasteiger partial charge in [0.05, 0.1) is 16.6 Å². The van der Waals surface area contributed by atoms with E-state index in [9.17, 15) is 4.79 Å². The smallest absolute Gasteiger partial charge is 0.420 e. The molecule has 1 unspecified atom stereocenters. The number of carbonyl (C=O) groups is 1. The maximum absolute atomic E-state index is 12.3. The third-order valence-corrected chi connectivity index (χ3v) is 4.26. The zero-order valence-electron chi connectivity index (χ0n) is 16.2. The molecule has 28 heavy (non-hydrogen) atoms. The van der Waals surface area contributed by atoms with Crippen LogP contribution in [0, 0.1) is 0 Å². The number of anilines is 1. The molecule has 4 rings (SSSR count). The zero-order chi connectivity index (χ0) is 19.9. The number of nitrogens with zero attached hydrogens (tertiary/aromatic N) is 5. The van der Waals surface area contributed by atoms with E-state index in [0.717, 1.165) is 16.7 Å². The van der Waals surface area contributed by atoms with Gasteiger partial charge in [-0.05, 0) is 58.0 Å². The van der Waals surface area contributed by atoms with Gasteiger partial charge in [-0.3, -0.25) is 0 Å². The average Bonchev–Trinajstić information content (AvgIpc) is 3.24. The van der Waals surface area contributed by atoms with Gasteiger partial charge >= 0.3 is 6.09 Å². The number of para-hydroxylation sites is 1. The van der Waals surface area contributed by atoms with Crippen LogP contribution in [0.4, 0.5) is 10.5 Å². The second-order valence-electron chi connectivity index (χ2n) is 7.64. The standard InChI is InChI=1S/C20H22N6O2/c1-13(26-18-8-6-5-7-15(18)23-24-26)22-14-9-10-17-16(11-14)21-12-25(17)19(27)28-20(2,3)4/h5-13,22H,1-4H3. The first-order valence-electron chi connectivity index (χ1n) is 9.09. The lowest BCUT2D eigenvalue weighted by molar-refractivity contribution is 0.0543. The van der Waals surface area contributed by atoms with Crippen LogP contribution in [0.15, 0.2) is 48.8 Å². The van der Waals surface area contributed by atoms with Gasteiger partial charge in [0, 0.05) is 5.69 Å². The van der Waals surface area contributed by atoms with Crippen LogP contribution < -0.4 is 5.32 Å². The van der Waals surface area contributed by atoms with Crippen LogP contribution in [0.5, 0.6) is 0 Å². The molecule has 0 saturated carbocycles. The van der Waals surface area contributed by atoms with Gasteiger partial charge in [-0.15, -0.1) is 5.10 Å². The van der Waals surface area contributed by atoms with Crippen molar-refractivity contribution in [3.05, 3.63) is 48.8 Å². The molecule has 8 heteroatoms. The molecule has 0 bridgehead atoms. The summed E-state index contributed by atoms with van der Waals surface area (Å²) < 4.78 is 8.67. The Bertz CT molecular complexity index is 1150. The maximum Gasteiger partial charge on any atom is 0.420 e. The lowest BCUT2D eigenvalue weighted by Crippen LogP contribution is -2.26. The summed E-state index contributed by atoms with van der Waals surface area (Å²) in [4.78, 5) is 16.7. The Labute approximate surface area is 162 Å². The number of hydrogen-bond acceptors (Lipinski definition) is 6. The lowest BCUT2D eigenvalue weighted by atomic mass is 10.2. The Balaban J connectivity index is 1.58. The minimum Gasteiger partial charge on any atom is -0.443 e. The molecular formula is C20H22N6O2. The van der Waals surface area contributed by atoms with Crippen molar-refractivity contribution in [1.82, 2.24) is 24.5 Å². The van der Waals surface area contributed by atoms with E-state index in [-0.39, 0.29) is 6.17 Å². The molecule has 0 fully saturated rings. The monoisotopic (exact) mass is 378 g/mol. The van der Waals surface area contributed by atoms with E-state index in [1.165, 1.54) is 10.9 Å². The van der Waals surface area contributed by atoms with Crippen molar-refractivity contribution in [2.75, 3.05) is 5.32 Å². The maximum atomic E-state index is 12.3. The molecule has 2 aromatic heterocycles. The number of rotatable bonds is 3. The zero-order valence-corrected chi connectivity index (χ0v) is 16.2. The fraction of sp³-hybridized carbons (Fsp3) is 0.300. The van der Waals surface area contributed by atoms with Gasteiger partial charge in [-0.25, -0.2) is 19.0 Å². The highest BCUT2D eigenvalue weighted by Crippen LogP contribution is 2.23. The van der Waals surface area contributed by atoms with Gasteiger partial charge in [0.15, 0.2) is 0 Å². The summed E-state index contributed by atoms with van der Waals surface area (Å²) in [6, 6.07) is 13.5. The Kier molecular flexibility index (Phi) is 4.26. The predicted molar refractivity (Wildman–Crippen MR) is 107 cm³/mol. The first-order valence-corrected chi connectivity index (χ1v) is 9.09. The summed E-state index contributed by atoms with van der Waals surface area (Å²) in [6.45, 7) is 7.51. The highest BCUT2D eigenvalue weighted by Gasteiger charge is 2.20. The molecule has 1 atom stereocenters. The number of ether oxygens (including phenoxy) is 1. The highest BCUT2D eigenvalue weighted by atomic mass is 16.6. The number of nitrogens with one attached hydrogen (secondary N) is 1. The summed E-state index contributed by atoms with van der Waals surface area (Å²) >= 11 is 0. The minimum atomic E-state index is -0.564. The molecule has 1 N–H and O–H groups in total. The van der Waals surface area contributed by atoms with Crippen LogP contribution in [0.2, 0.25) is 0 Å². The molecule has 2 heterocycles. The molecule has 2 aromatic carbocycles. The normalized spacial score (nSPS) is 13.0. The fourth-order valence-electron chi connectivity index (χ4n) is 3.03. The summed E-state index contributed by atoms with van der Waals surface area (Å²) in [5, 5.41) is 11.8. The topological polar surface area (TPSA) is 86.9 Å². The van der Waals surface area contributed by atoms with E-state index in [1.807, 2.05) is 74.8 Å². The van der Waals surface area contributed by atoms with Gasteiger partial charge < -0.3 is 10.1 Å². The van der Waals surface area contributed by atoms with Gasteiger partial charge in [0.2, 0.25) is 0 Å². The fourth-order valence-corrected chi connectivity index (χ4v) is 3.03. The Hall–Kier alpha value is -3.42. The number of hydrogen-bond donors (Lipinski definition) is 1. The molecule has 4 aromatic rings. The third kappa shape index (κ3) is 3.40. The second kappa shape index (κ2) is 6.63. The molecule has 0 saturated heterocycles. The average molecular weight is 378 g/mol. The number of fused-ring (bicyclic) bond motifs is 2. The Morgan fingerprint density at radius 1 is 1.11 bits per heavy atom. The van der Waals surface area contributed by atoms with E-state index in [4.69, 9.17) is 4.74 Å². The van der Waals surface area contributed by atoms with E-state index in [0.29, 0.717) is 11.0 Å². The van der Waals surface area contributed by atoms with E-state index in [1.54, 1.807) is 0 Å². The second-order valence-corrected chi connectivity index (χ2v) is 7.64. The molecule has 144 valence electrons. The quantitative estimate of drug-likeness (QED) is 0.575.